The lowest BCUT2D eigenvalue weighted by Gasteiger charge is -2.63. The highest BCUT2D eigenvalue weighted by Gasteiger charge is 2.62. The summed E-state index contributed by atoms with van der Waals surface area (Å²) in [6.45, 7) is 6.24. The maximum Gasteiger partial charge on any atom is 0.309 e. The van der Waals surface area contributed by atoms with Crippen LogP contribution in [0.2, 0.25) is 0 Å². The Bertz CT molecular complexity index is 707. The molecule has 3 aliphatic carbocycles. The Morgan fingerprint density at radius 1 is 1.14 bits per heavy atom. The highest BCUT2D eigenvalue weighted by Crippen LogP contribution is 2.66. The van der Waals surface area contributed by atoms with Crippen molar-refractivity contribution in [2.45, 2.75) is 90.3 Å². The summed E-state index contributed by atoms with van der Waals surface area (Å²) >= 11 is 0. The molecule has 0 radical (unpaired) electrons. The minimum absolute atomic E-state index is 0.000160. The van der Waals surface area contributed by atoms with Gasteiger partial charge in [0.2, 0.25) is 0 Å². The Hall–Kier alpha value is -1.14. The zero-order valence-electron chi connectivity index (χ0n) is 17.9. The van der Waals surface area contributed by atoms with Crippen molar-refractivity contribution in [3.05, 3.63) is 0 Å². The maximum absolute atomic E-state index is 12.1. The van der Waals surface area contributed by atoms with Crippen molar-refractivity contribution < 1.29 is 29.6 Å². The second-order valence-electron chi connectivity index (χ2n) is 11.4. The van der Waals surface area contributed by atoms with Gasteiger partial charge >= 0.3 is 11.9 Å². The summed E-state index contributed by atoms with van der Waals surface area (Å²) in [7, 11) is 0. The van der Waals surface area contributed by atoms with Crippen molar-refractivity contribution in [2.24, 2.45) is 34.0 Å². The predicted molar refractivity (Wildman–Crippen MR) is 106 cm³/mol. The summed E-state index contributed by atoms with van der Waals surface area (Å²) in [5.74, 6) is -0.486. The molecule has 3 N–H and O–H groups in total. The van der Waals surface area contributed by atoms with Gasteiger partial charge in [-0.05, 0) is 80.5 Å². The Labute approximate surface area is 173 Å². The fraction of sp³-hybridized carbons (Fsp3) is 0.913. The molecule has 4 aliphatic rings. The molecule has 1 aliphatic heterocycles. The van der Waals surface area contributed by atoms with E-state index in [4.69, 9.17) is 4.74 Å². The molecular formula is C23H36O6. The standard InChI is InChI=1S/C23H36O6/c1-20(12-23(28)11-17(24)29-13-23)10-7-15-14(18(20)25)5-6-16-21(15,2)8-4-9-22(16,3)19(26)27/h14-16,18,25,28H,4-13H2,1-3H3,(H,26,27)/t14-,15+,16-,18+,20-,21-,22-,23?/m1/s1. The normalized spacial score (nSPS) is 52.4. The van der Waals surface area contributed by atoms with E-state index >= 15 is 0 Å². The van der Waals surface area contributed by atoms with Crippen LogP contribution in [0, 0.1) is 34.0 Å². The second kappa shape index (κ2) is 6.68. The number of aliphatic carboxylic acids is 1. The molecule has 0 aromatic heterocycles. The van der Waals surface area contributed by atoms with Gasteiger partial charge in [-0.15, -0.1) is 0 Å². The largest absolute Gasteiger partial charge is 0.481 e. The lowest BCUT2D eigenvalue weighted by Crippen LogP contribution is -2.60. The molecule has 0 spiro atoms. The number of carboxylic acid groups (broad SMARTS) is 1. The molecule has 0 aromatic rings. The number of aliphatic hydroxyl groups is 2. The highest BCUT2D eigenvalue weighted by molar-refractivity contribution is 5.75. The van der Waals surface area contributed by atoms with Crippen LogP contribution in [0.3, 0.4) is 0 Å². The molecule has 4 rings (SSSR count). The Kier molecular flexibility index (Phi) is 4.86. The second-order valence-corrected chi connectivity index (χ2v) is 11.4. The summed E-state index contributed by atoms with van der Waals surface area (Å²) in [5, 5.41) is 32.3. The third-order valence-corrected chi connectivity index (χ3v) is 9.47. The number of hydrogen-bond acceptors (Lipinski definition) is 5. The van der Waals surface area contributed by atoms with Crippen LogP contribution in [0.15, 0.2) is 0 Å². The lowest BCUT2D eigenvalue weighted by atomic mass is 9.42. The zero-order valence-corrected chi connectivity index (χ0v) is 17.9. The molecule has 0 amide bonds. The van der Waals surface area contributed by atoms with Gasteiger partial charge in [-0.2, -0.15) is 0 Å². The molecule has 1 saturated heterocycles. The average Bonchev–Trinajstić information content (AvgIpc) is 2.96. The van der Waals surface area contributed by atoms with Gasteiger partial charge in [0.15, 0.2) is 0 Å². The minimum atomic E-state index is -1.19. The minimum Gasteiger partial charge on any atom is -0.481 e. The average molecular weight is 409 g/mol. The van der Waals surface area contributed by atoms with E-state index in [0.29, 0.717) is 12.3 Å². The summed E-state index contributed by atoms with van der Waals surface area (Å²) in [5.41, 5.74) is -2.40. The van der Waals surface area contributed by atoms with Gasteiger partial charge in [0, 0.05) is 0 Å². The fourth-order valence-electron chi connectivity index (χ4n) is 8.03. The summed E-state index contributed by atoms with van der Waals surface area (Å²) in [4.78, 5) is 23.7. The SMILES string of the molecule is C[C@]1(CC2(O)COC(=O)C2)CC[C@H]2[C@@H](CC[C@@H]3[C@]2(C)CCC[C@@]3(C)C(=O)O)[C@@H]1O. The van der Waals surface area contributed by atoms with E-state index in [1.54, 1.807) is 0 Å². The molecule has 6 heteroatoms. The number of esters is 1. The number of ether oxygens (including phenoxy) is 1. The van der Waals surface area contributed by atoms with Crippen molar-refractivity contribution >= 4 is 11.9 Å². The zero-order chi connectivity index (χ0) is 21.2. The fourth-order valence-corrected chi connectivity index (χ4v) is 8.03. The van der Waals surface area contributed by atoms with E-state index in [-0.39, 0.29) is 36.2 Å². The van der Waals surface area contributed by atoms with Crippen LogP contribution in [0.4, 0.5) is 0 Å². The van der Waals surface area contributed by atoms with E-state index in [1.807, 2.05) is 13.8 Å². The number of hydrogen-bond donors (Lipinski definition) is 3. The van der Waals surface area contributed by atoms with Crippen molar-refractivity contribution in [3.63, 3.8) is 0 Å². The van der Waals surface area contributed by atoms with Crippen LogP contribution in [-0.2, 0) is 14.3 Å². The van der Waals surface area contributed by atoms with Crippen LogP contribution < -0.4 is 0 Å². The molecule has 3 saturated carbocycles. The van der Waals surface area contributed by atoms with Crippen LogP contribution in [0.5, 0.6) is 0 Å². The van der Waals surface area contributed by atoms with Crippen molar-refractivity contribution in [1.29, 1.82) is 0 Å². The van der Waals surface area contributed by atoms with Gasteiger partial charge in [0.05, 0.1) is 17.9 Å². The lowest BCUT2D eigenvalue weighted by molar-refractivity contribution is -0.194. The number of aliphatic hydroxyl groups excluding tert-OH is 1. The van der Waals surface area contributed by atoms with Gasteiger partial charge in [-0.1, -0.05) is 20.3 Å². The first-order chi connectivity index (χ1) is 13.4. The predicted octanol–water partition coefficient (Wildman–Crippen LogP) is 3.14. The van der Waals surface area contributed by atoms with E-state index in [0.717, 1.165) is 44.9 Å². The van der Waals surface area contributed by atoms with Crippen LogP contribution >= 0.6 is 0 Å². The molecule has 6 nitrogen and oxygen atoms in total. The van der Waals surface area contributed by atoms with Crippen LogP contribution in [-0.4, -0.2) is 45.6 Å². The van der Waals surface area contributed by atoms with Crippen LogP contribution in [0.1, 0.15) is 78.6 Å². The molecule has 0 bridgehead atoms. The molecule has 0 aromatic carbocycles. The molecule has 1 heterocycles. The number of carboxylic acids is 1. The number of carbonyl (C=O) groups is 2. The van der Waals surface area contributed by atoms with Crippen molar-refractivity contribution in [2.75, 3.05) is 6.61 Å². The first-order valence-corrected chi connectivity index (χ1v) is 11.2. The monoisotopic (exact) mass is 408 g/mol. The Morgan fingerprint density at radius 2 is 1.86 bits per heavy atom. The van der Waals surface area contributed by atoms with Crippen molar-refractivity contribution in [3.8, 4) is 0 Å². The van der Waals surface area contributed by atoms with E-state index in [1.165, 1.54) is 0 Å². The summed E-state index contributed by atoms with van der Waals surface area (Å²) in [6, 6.07) is 0. The van der Waals surface area contributed by atoms with Gasteiger partial charge in [-0.25, -0.2) is 0 Å². The highest BCUT2D eigenvalue weighted by atomic mass is 16.6. The molecule has 8 atom stereocenters. The van der Waals surface area contributed by atoms with E-state index in [9.17, 15) is 24.9 Å². The molecular weight excluding hydrogens is 372 g/mol. The van der Waals surface area contributed by atoms with Crippen LogP contribution in [0.25, 0.3) is 0 Å². The molecule has 164 valence electrons. The number of fused-ring (bicyclic) bond motifs is 3. The Morgan fingerprint density at radius 3 is 2.48 bits per heavy atom. The first kappa shape index (κ1) is 21.1. The quantitative estimate of drug-likeness (QED) is 0.620. The van der Waals surface area contributed by atoms with Gasteiger partial charge in [0.1, 0.15) is 12.2 Å². The summed E-state index contributed by atoms with van der Waals surface area (Å²) < 4.78 is 5.00. The van der Waals surface area contributed by atoms with E-state index < -0.39 is 28.5 Å². The third kappa shape index (κ3) is 3.13. The number of cyclic esters (lactones) is 1. The number of rotatable bonds is 3. The van der Waals surface area contributed by atoms with Crippen molar-refractivity contribution in [1.82, 2.24) is 0 Å². The smallest absolute Gasteiger partial charge is 0.309 e. The molecule has 4 fully saturated rings. The van der Waals surface area contributed by atoms with Gasteiger partial charge < -0.3 is 20.1 Å². The van der Waals surface area contributed by atoms with Gasteiger partial charge in [-0.3, -0.25) is 9.59 Å². The van der Waals surface area contributed by atoms with E-state index in [2.05, 4.69) is 6.92 Å². The molecule has 29 heavy (non-hydrogen) atoms. The number of carbonyl (C=O) groups excluding carboxylic acids is 1. The topological polar surface area (TPSA) is 104 Å². The molecule has 1 unspecified atom stereocenters. The Balaban J connectivity index is 1.57. The maximum atomic E-state index is 12.1. The first-order valence-electron chi connectivity index (χ1n) is 11.2. The van der Waals surface area contributed by atoms with Gasteiger partial charge in [0.25, 0.3) is 0 Å². The summed E-state index contributed by atoms with van der Waals surface area (Å²) in [6.07, 6.45) is 5.87. The third-order valence-electron chi connectivity index (χ3n) is 9.47.